The number of hydrogen-bond acceptors (Lipinski definition) is 5. The molecule has 0 aliphatic rings. The first-order valence-electron chi connectivity index (χ1n) is 8.37. The van der Waals surface area contributed by atoms with Crippen LogP contribution >= 0.6 is 15.9 Å². The summed E-state index contributed by atoms with van der Waals surface area (Å²) in [6, 6.07) is 20.6. The summed E-state index contributed by atoms with van der Waals surface area (Å²) in [6.07, 6.45) is 0. The van der Waals surface area contributed by atoms with E-state index in [1.807, 2.05) is 13.0 Å². The minimum atomic E-state index is -0.500. The summed E-state index contributed by atoms with van der Waals surface area (Å²) >= 11 is 3.31. The third-order valence-corrected chi connectivity index (χ3v) is 4.26. The van der Waals surface area contributed by atoms with Gasteiger partial charge in [-0.05, 0) is 67.6 Å². The minimum Gasteiger partial charge on any atom is -0.338 e. The van der Waals surface area contributed by atoms with Crippen LogP contribution in [0.3, 0.4) is 0 Å². The Morgan fingerprint density at radius 1 is 0.929 bits per heavy atom. The number of carbonyl (C=O) groups is 2. The van der Waals surface area contributed by atoms with Crippen LogP contribution in [0.15, 0.2) is 87.5 Å². The van der Waals surface area contributed by atoms with E-state index in [2.05, 4.69) is 31.6 Å². The third kappa shape index (κ3) is 5.34. The monoisotopic (exact) mass is 437 g/mol. The van der Waals surface area contributed by atoms with Gasteiger partial charge in [0.05, 0.1) is 16.9 Å². The number of hydrogen-bond donors (Lipinski definition) is 1. The molecule has 7 heteroatoms. The Labute approximate surface area is 170 Å². The van der Waals surface area contributed by atoms with Gasteiger partial charge < -0.3 is 4.84 Å². The van der Waals surface area contributed by atoms with Gasteiger partial charge in [0.25, 0.3) is 5.91 Å². The maximum Gasteiger partial charge on any atom is 0.362 e. The predicted octanol–water partition coefficient (Wildman–Crippen LogP) is 5.87. The molecule has 140 valence electrons. The zero-order valence-corrected chi connectivity index (χ0v) is 16.5. The SMILES string of the molecule is Cc1cccc(C(=O)N=Nc2ccc(NOC(=O)c3ccc(Br)cc3)cc2)c1. The van der Waals surface area contributed by atoms with Gasteiger partial charge in [-0.15, -0.1) is 10.2 Å². The van der Waals surface area contributed by atoms with Crippen LogP contribution in [0.4, 0.5) is 11.4 Å². The fraction of sp³-hybridized carbons (Fsp3) is 0.0476. The molecule has 0 saturated heterocycles. The summed E-state index contributed by atoms with van der Waals surface area (Å²) in [5, 5.41) is 7.67. The highest BCUT2D eigenvalue weighted by Gasteiger charge is 2.07. The largest absolute Gasteiger partial charge is 0.362 e. The predicted molar refractivity (Wildman–Crippen MR) is 110 cm³/mol. The average Bonchev–Trinajstić information content (AvgIpc) is 2.71. The molecule has 0 bridgehead atoms. The first-order chi connectivity index (χ1) is 13.5. The number of anilines is 1. The Morgan fingerprint density at radius 3 is 2.32 bits per heavy atom. The van der Waals surface area contributed by atoms with Gasteiger partial charge >= 0.3 is 5.97 Å². The molecule has 0 aliphatic carbocycles. The topological polar surface area (TPSA) is 80.1 Å². The molecule has 3 rings (SSSR count). The number of rotatable bonds is 5. The Kier molecular flexibility index (Phi) is 6.29. The molecule has 0 heterocycles. The Morgan fingerprint density at radius 2 is 1.64 bits per heavy atom. The van der Waals surface area contributed by atoms with Crippen molar-refractivity contribution in [1.29, 1.82) is 0 Å². The number of nitrogens with zero attached hydrogens (tertiary/aromatic N) is 2. The highest BCUT2D eigenvalue weighted by molar-refractivity contribution is 9.10. The maximum absolute atomic E-state index is 12.0. The van der Waals surface area contributed by atoms with E-state index in [1.54, 1.807) is 66.7 Å². The summed E-state index contributed by atoms with van der Waals surface area (Å²) < 4.78 is 0.877. The lowest BCUT2D eigenvalue weighted by Gasteiger charge is -2.07. The van der Waals surface area contributed by atoms with Crippen molar-refractivity contribution < 1.29 is 14.4 Å². The summed E-state index contributed by atoms with van der Waals surface area (Å²) in [5.41, 5.74) is 5.55. The zero-order chi connectivity index (χ0) is 19.9. The molecule has 0 aliphatic heterocycles. The Balaban J connectivity index is 1.56. The van der Waals surface area contributed by atoms with Crippen molar-refractivity contribution in [2.24, 2.45) is 10.2 Å². The van der Waals surface area contributed by atoms with Gasteiger partial charge in [-0.25, -0.2) is 10.3 Å². The van der Waals surface area contributed by atoms with Gasteiger partial charge in [-0.3, -0.25) is 4.79 Å². The lowest BCUT2D eigenvalue weighted by molar-refractivity contribution is 0.0596. The van der Waals surface area contributed by atoms with Gasteiger partial charge in [0, 0.05) is 10.0 Å². The number of carbonyl (C=O) groups excluding carboxylic acids is 2. The molecule has 0 saturated carbocycles. The molecule has 0 spiro atoms. The van der Waals surface area contributed by atoms with Crippen LogP contribution in [0.25, 0.3) is 0 Å². The molecule has 0 atom stereocenters. The van der Waals surface area contributed by atoms with Crippen molar-refractivity contribution in [1.82, 2.24) is 0 Å². The molecule has 6 nitrogen and oxygen atoms in total. The average molecular weight is 438 g/mol. The third-order valence-electron chi connectivity index (χ3n) is 3.73. The Bertz CT molecular complexity index is 1020. The van der Waals surface area contributed by atoms with Crippen LogP contribution in [0.2, 0.25) is 0 Å². The number of azo groups is 1. The van der Waals surface area contributed by atoms with E-state index in [9.17, 15) is 9.59 Å². The van der Waals surface area contributed by atoms with Gasteiger partial charge in [0.1, 0.15) is 0 Å². The van der Waals surface area contributed by atoms with E-state index in [-0.39, 0.29) is 0 Å². The lowest BCUT2D eigenvalue weighted by atomic mass is 10.1. The van der Waals surface area contributed by atoms with Gasteiger partial charge in [-0.1, -0.05) is 33.6 Å². The number of aryl methyl sites for hydroxylation is 1. The molecule has 3 aromatic carbocycles. The van der Waals surface area contributed by atoms with Crippen LogP contribution in [-0.2, 0) is 4.84 Å². The Hall–Kier alpha value is -3.32. The number of nitrogens with one attached hydrogen (secondary N) is 1. The molecular formula is C21H16BrN3O3. The highest BCUT2D eigenvalue weighted by atomic mass is 79.9. The second-order valence-corrected chi connectivity index (χ2v) is 6.84. The highest BCUT2D eigenvalue weighted by Crippen LogP contribution is 2.18. The van der Waals surface area contributed by atoms with E-state index in [0.29, 0.717) is 22.5 Å². The van der Waals surface area contributed by atoms with Crippen molar-refractivity contribution in [3.63, 3.8) is 0 Å². The quantitative estimate of drug-likeness (QED) is 0.399. The lowest BCUT2D eigenvalue weighted by Crippen LogP contribution is -2.10. The molecule has 1 amide bonds. The molecule has 28 heavy (non-hydrogen) atoms. The molecule has 0 fully saturated rings. The molecule has 3 aromatic rings. The van der Waals surface area contributed by atoms with Crippen molar-refractivity contribution in [2.75, 3.05) is 5.48 Å². The number of amides is 1. The van der Waals surface area contributed by atoms with Crippen molar-refractivity contribution in [3.8, 4) is 0 Å². The van der Waals surface area contributed by atoms with Crippen molar-refractivity contribution in [3.05, 3.63) is 94.0 Å². The molecule has 0 radical (unpaired) electrons. The van der Waals surface area contributed by atoms with Gasteiger partial charge in [0.2, 0.25) is 0 Å². The molecule has 0 unspecified atom stereocenters. The van der Waals surface area contributed by atoms with Crippen molar-refractivity contribution >= 4 is 39.2 Å². The van der Waals surface area contributed by atoms with Crippen molar-refractivity contribution in [2.45, 2.75) is 6.92 Å². The van der Waals surface area contributed by atoms with E-state index in [1.165, 1.54) is 0 Å². The van der Waals surface area contributed by atoms with E-state index < -0.39 is 11.9 Å². The number of halogens is 1. The molecule has 1 N–H and O–H groups in total. The fourth-order valence-corrected chi connectivity index (χ4v) is 2.55. The normalized spacial score (nSPS) is 10.6. The van der Waals surface area contributed by atoms with E-state index >= 15 is 0 Å². The first-order valence-corrected chi connectivity index (χ1v) is 9.16. The van der Waals surface area contributed by atoms with Crippen LogP contribution in [-0.4, -0.2) is 11.9 Å². The zero-order valence-electron chi connectivity index (χ0n) is 14.9. The smallest absolute Gasteiger partial charge is 0.338 e. The summed E-state index contributed by atoms with van der Waals surface area (Å²) in [4.78, 5) is 29.0. The van der Waals surface area contributed by atoms with Crippen LogP contribution in [0, 0.1) is 6.92 Å². The van der Waals surface area contributed by atoms with Gasteiger partial charge in [0.15, 0.2) is 0 Å². The summed E-state index contributed by atoms with van der Waals surface area (Å²) in [7, 11) is 0. The number of benzene rings is 3. The first kappa shape index (κ1) is 19.4. The van der Waals surface area contributed by atoms with Crippen LogP contribution < -0.4 is 5.48 Å². The molecule has 0 aromatic heterocycles. The molecular weight excluding hydrogens is 422 g/mol. The van der Waals surface area contributed by atoms with E-state index in [4.69, 9.17) is 4.84 Å². The summed E-state index contributed by atoms with van der Waals surface area (Å²) in [6.45, 7) is 1.91. The van der Waals surface area contributed by atoms with Gasteiger partial charge in [-0.2, -0.15) is 0 Å². The fourth-order valence-electron chi connectivity index (χ4n) is 2.29. The standard InChI is InChI=1S/C21H16BrN3O3/c1-14-3-2-4-16(13-14)20(26)24-23-18-9-11-19(12-10-18)25-28-21(27)15-5-7-17(22)8-6-15/h2-13,25H,1H3. The minimum absolute atomic E-state index is 0.408. The second-order valence-electron chi connectivity index (χ2n) is 5.92. The summed E-state index contributed by atoms with van der Waals surface area (Å²) in [5.74, 6) is -0.908. The van der Waals surface area contributed by atoms with Crippen LogP contribution in [0.1, 0.15) is 26.3 Å². The maximum atomic E-state index is 12.0. The second kappa shape index (κ2) is 9.05. The van der Waals surface area contributed by atoms with E-state index in [0.717, 1.165) is 10.0 Å². The van der Waals surface area contributed by atoms with Crippen LogP contribution in [0.5, 0.6) is 0 Å².